The molecule has 0 aliphatic carbocycles. The summed E-state index contributed by atoms with van der Waals surface area (Å²) in [4.78, 5) is 5.97. The quantitative estimate of drug-likeness (QED) is 0.868. The average molecular weight is 274 g/mol. The van der Waals surface area contributed by atoms with Crippen molar-refractivity contribution in [2.45, 2.75) is 40.2 Å². The largest absolute Gasteiger partial charge is 0.497 e. The van der Waals surface area contributed by atoms with Crippen LogP contribution in [0.25, 0.3) is 10.9 Å². The van der Waals surface area contributed by atoms with Crippen LogP contribution in [-0.4, -0.2) is 36.1 Å². The summed E-state index contributed by atoms with van der Waals surface area (Å²) in [6.45, 7) is 11.1. The molecule has 20 heavy (non-hydrogen) atoms. The highest BCUT2D eigenvalue weighted by Gasteiger charge is 2.12. The van der Waals surface area contributed by atoms with E-state index in [0.29, 0.717) is 6.04 Å². The van der Waals surface area contributed by atoms with Crippen molar-refractivity contribution < 1.29 is 4.74 Å². The standard InChI is InChI=1S/C17H26N2O/c1-6-19(12(2)3)10-9-15-13(4)18-17-8-7-14(20-5)11-16(15)17/h7-8,11-12,18H,6,9-10H2,1-5H3. The Balaban J connectivity index is 2.26. The molecule has 0 bridgehead atoms. The predicted octanol–water partition coefficient (Wildman–Crippen LogP) is 3.76. The first-order valence-corrected chi connectivity index (χ1v) is 7.46. The molecule has 0 aliphatic rings. The van der Waals surface area contributed by atoms with E-state index in [0.717, 1.165) is 25.3 Å². The van der Waals surface area contributed by atoms with Crippen molar-refractivity contribution >= 4 is 10.9 Å². The van der Waals surface area contributed by atoms with Crippen LogP contribution in [0.5, 0.6) is 5.75 Å². The summed E-state index contributed by atoms with van der Waals surface area (Å²) in [6.07, 6.45) is 1.07. The summed E-state index contributed by atoms with van der Waals surface area (Å²) >= 11 is 0. The number of nitrogens with one attached hydrogen (secondary N) is 1. The zero-order valence-electron chi connectivity index (χ0n) is 13.3. The Morgan fingerprint density at radius 3 is 2.65 bits per heavy atom. The van der Waals surface area contributed by atoms with E-state index in [2.05, 4.69) is 49.7 Å². The van der Waals surface area contributed by atoms with Gasteiger partial charge in [0.25, 0.3) is 0 Å². The van der Waals surface area contributed by atoms with Crippen LogP contribution in [0.4, 0.5) is 0 Å². The molecule has 1 N–H and O–H groups in total. The van der Waals surface area contributed by atoms with Crippen molar-refractivity contribution in [1.29, 1.82) is 0 Å². The molecule has 0 fully saturated rings. The number of nitrogens with zero attached hydrogens (tertiary/aromatic N) is 1. The summed E-state index contributed by atoms with van der Waals surface area (Å²) in [5, 5.41) is 1.29. The van der Waals surface area contributed by atoms with Gasteiger partial charge in [-0.25, -0.2) is 0 Å². The van der Waals surface area contributed by atoms with Gasteiger partial charge >= 0.3 is 0 Å². The van der Waals surface area contributed by atoms with Gasteiger partial charge in [0.1, 0.15) is 5.75 Å². The van der Waals surface area contributed by atoms with Crippen molar-refractivity contribution in [3.8, 4) is 5.75 Å². The van der Waals surface area contributed by atoms with Gasteiger partial charge < -0.3 is 14.6 Å². The lowest BCUT2D eigenvalue weighted by molar-refractivity contribution is 0.237. The minimum atomic E-state index is 0.597. The van der Waals surface area contributed by atoms with E-state index in [4.69, 9.17) is 4.74 Å². The molecule has 0 spiro atoms. The Labute approximate surface area is 121 Å². The number of ether oxygens (including phenoxy) is 1. The summed E-state index contributed by atoms with van der Waals surface area (Å²) in [7, 11) is 1.72. The minimum absolute atomic E-state index is 0.597. The number of hydrogen-bond acceptors (Lipinski definition) is 2. The minimum Gasteiger partial charge on any atom is -0.497 e. The highest BCUT2D eigenvalue weighted by Crippen LogP contribution is 2.26. The monoisotopic (exact) mass is 274 g/mol. The van der Waals surface area contributed by atoms with Crippen LogP contribution >= 0.6 is 0 Å². The lowest BCUT2D eigenvalue weighted by atomic mass is 10.1. The van der Waals surface area contributed by atoms with Gasteiger partial charge in [-0.1, -0.05) is 6.92 Å². The second kappa shape index (κ2) is 6.31. The molecular formula is C17H26N2O. The smallest absolute Gasteiger partial charge is 0.119 e. The number of methoxy groups -OCH3 is 1. The van der Waals surface area contributed by atoms with Gasteiger partial charge in [0, 0.05) is 29.2 Å². The highest BCUT2D eigenvalue weighted by atomic mass is 16.5. The lowest BCUT2D eigenvalue weighted by Gasteiger charge is -2.24. The van der Waals surface area contributed by atoms with Crippen molar-refractivity contribution in [2.75, 3.05) is 20.2 Å². The normalized spacial score (nSPS) is 11.8. The van der Waals surface area contributed by atoms with E-state index in [1.807, 2.05) is 6.07 Å². The molecule has 1 heterocycles. The number of H-pyrrole nitrogens is 1. The number of hydrogen-bond donors (Lipinski definition) is 1. The first kappa shape index (κ1) is 14.9. The van der Waals surface area contributed by atoms with Gasteiger partial charge in [0.15, 0.2) is 0 Å². The van der Waals surface area contributed by atoms with Crippen LogP contribution < -0.4 is 4.74 Å². The zero-order valence-corrected chi connectivity index (χ0v) is 13.3. The second-order valence-electron chi connectivity index (χ2n) is 5.61. The van der Waals surface area contributed by atoms with Crippen molar-refractivity contribution in [2.24, 2.45) is 0 Å². The molecule has 2 aromatic rings. The number of aromatic amines is 1. The molecular weight excluding hydrogens is 248 g/mol. The van der Waals surface area contributed by atoms with E-state index in [1.54, 1.807) is 7.11 Å². The van der Waals surface area contributed by atoms with Crippen molar-refractivity contribution in [3.05, 3.63) is 29.5 Å². The van der Waals surface area contributed by atoms with Crippen LogP contribution in [0, 0.1) is 6.92 Å². The summed E-state index contributed by atoms with van der Waals surface area (Å²) < 4.78 is 5.35. The fourth-order valence-electron chi connectivity index (χ4n) is 2.85. The third-order valence-corrected chi connectivity index (χ3v) is 4.11. The van der Waals surface area contributed by atoms with E-state index in [-0.39, 0.29) is 0 Å². The molecule has 110 valence electrons. The number of rotatable bonds is 6. The van der Waals surface area contributed by atoms with Crippen LogP contribution in [0.15, 0.2) is 18.2 Å². The van der Waals surface area contributed by atoms with Crippen LogP contribution in [-0.2, 0) is 6.42 Å². The molecule has 1 aromatic heterocycles. The van der Waals surface area contributed by atoms with Gasteiger partial charge in [-0.3, -0.25) is 0 Å². The molecule has 0 saturated heterocycles. The molecule has 3 heteroatoms. The maximum absolute atomic E-state index is 5.35. The van der Waals surface area contributed by atoms with Gasteiger partial charge in [0.05, 0.1) is 7.11 Å². The Morgan fingerprint density at radius 1 is 1.30 bits per heavy atom. The topological polar surface area (TPSA) is 28.3 Å². The van der Waals surface area contributed by atoms with Crippen LogP contribution in [0.1, 0.15) is 32.0 Å². The maximum Gasteiger partial charge on any atom is 0.119 e. The SMILES string of the molecule is CCN(CCc1c(C)[nH]c2ccc(OC)cc12)C(C)C. The van der Waals surface area contributed by atoms with E-state index in [1.165, 1.54) is 22.2 Å². The second-order valence-corrected chi connectivity index (χ2v) is 5.61. The molecule has 0 atom stereocenters. The lowest BCUT2D eigenvalue weighted by Crippen LogP contribution is -2.32. The number of fused-ring (bicyclic) bond motifs is 1. The molecule has 3 nitrogen and oxygen atoms in total. The highest BCUT2D eigenvalue weighted by molar-refractivity contribution is 5.86. The molecule has 0 saturated carbocycles. The summed E-state index contributed by atoms with van der Waals surface area (Å²) in [6, 6.07) is 6.85. The first-order valence-electron chi connectivity index (χ1n) is 7.46. The number of aryl methyl sites for hydroxylation is 1. The molecule has 0 radical (unpaired) electrons. The third kappa shape index (κ3) is 2.98. The predicted molar refractivity (Wildman–Crippen MR) is 85.7 cm³/mol. The van der Waals surface area contributed by atoms with Gasteiger partial charge in [-0.15, -0.1) is 0 Å². The Hall–Kier alpha value is -1.48. The molecule has 2 rings (SSSR count). The number of aromatic nitrogens is 1. The third-order valence-electron chi connectivity index (χ3n) is 4.11. The van der Waals surface area contributed by atoms with E-state index in [9.17, 15) is 0 Å². The van der Waals surface area contributed by atoms with E-state index < -0.39 is 0 Å². The molecule has 0 unspecified atom stereocenters. The fourth-order valence-corrected chi connectivity index (χ4v) is 2.85. The van der Waals surface area contributed by atoms with Crippen molar-refractivity contribution in [3.63, 3.8) is 0 Å². The Morgan fingerprint density at radius 2 is 2.05 bits per heavy atom. The molecule has 0 amide bonds. The Bertz CT molecular complexity index is 572. The summed E-state index contributed by atoms with van der Waals surface area (Å²) in [5.74, 6) is 0.925. The Kier molecular flexibility index (Phi) is 4.71. The maximum atomic E-state index is 5.35. The zero-order chi connectivity index (χ0) is 14.7. The number of likely N-dealkylation sites (N-methyl/N-ethyl adjacent to an activating group) is 1. The van der Waals surface area contributed by atoms with Gasteiger partial charge in [-0.2, -0.15) is 0 Å². The van der Waals surface area contributed by atoms with Gasteiger partial charge in [0.2, 0.25) is 0 Å². The summed E-state index contributed by atoms with van der Waals surface area (Å²) in [5.41, 5.74) is 3.89. The first-order chi connectivity index (χ1) is 9.56. The fraction of sp³-hybridized carbons (Fsp3) is 0.529. The van der Waals surface area contributed by atoms with Crippen LogP contribution in [0.2, 0.25) is 0 Å². The average Bonchev–Trinajstić information content (AvgIpc) is 2.74. The van der Waals surface area contributed by atoms with E-state index >= 15 is 0 Å². The number of benzene rings is 1. The molecule has 0 aliphatic heterocycles. The van der Waals surface area contributed by atoms with Gasteiger partial charge in [-0.05, 0) is 57.5 Å². The molecule has 1 aromatic carbocycles. The van der Waals surface area contributed by atoms with Crippen molar-refractivity contribution in [1.82, 2.24) is 9.88 Å². The van der Waals surface area contributed by atoms with Crippen LogP contribution in [0.3, 0.4) is 0 Å².